The minimum absolute atomic E-state index is 1.07. The number of para-hydroxylation sites is 2. The van der Waals surface area contributed by atoms with Crippen LogP contribution in [-0.2, 0) is 0 Å². The van der Waals surface area contributed by atoms with Crippen molar-refractivity contribution in [1.82, 2.24) is 4.57 Å². The van der Waals surface area contributed by atoms with Crippen LogP contribution in [0, 0.1) is 0 Å². The smallest absolute Gasteiger partial charge is 0.0561 e. The van der Waals surface area contributed by atoms with Crippen molar-refractivity contribution in [2.24, 2.45) is 0 Å². The number of nitrogens with zero attached hydrogens (tertiary/aromatic N) is 1. The Kier molecular flexibility index (Phi) is 4.82. The molecular formula is C34H24N2. The molecule has 2 heteroatoms. The fourth-order valence-electron chi connectivity index (χ4n) is 5.19. The van der Waals surface area contributed by atoms with Gasteiger partial charge >= 0.3 is 0 Å². The first-order valence-electron chi connectivity index (χ1n) is 12.3. The number of hydrogen-bond donors (Lipinski definition) is 1. The van der Waals surface area contributed by atoms with Gasteiger partial charge in [-0.15, -0.1) is 0 Å². The predicted octanol–water partition coefficient (Wildman–Crippen LogP) is 9.35. The number of rotatable bonds is 4. The minimum Gasteiger partial charge on any atom is -0.355 e. The summed E-state index contributed by atoms with van der Waals surface area (Å²) in [6.07, 6.45) is 0. The molecule has 0 radical (unpaired) electrons. The standard InChI is InChI=1S/C34H24N2/c1-2-10-30(11-3-1)36-33-13-7-6-12-31(33)32-21-20-29(23-34(32)36)35-28-18-16-25(17-19-28)27-15-14-24-8-4-5-9-26(24)22-27/h1-23,35H. The summed E-state index contributed by atoms with van der Waals surface area (Å²) in [4.78, 5) is 0. The molecular weight excluding hydrogens is 436 g/mol. The SMILES string of the molecule is c1ccc(-n2c3ccccc3c3ccc(Nc4ccc(-c5ccc6ccccc6c5)cc4)cc32)cc1. The maximum absolute atomic E-state index is 3.61. The molecule has 0 bridgehead atoms. The van der Waals surface area contributed by atoms with Crippen molar-refractivity contribution in [3.8, 4) is 16.8 Å². The Bertz CT molecular complexity index is 1840. The maximum atomic E-state index is 3.61. The van der Waals surface area contributed by atoms with E-state index in [1.807, 2.05) is 0 Å². The van der Waals surface area contributed by atoms with Crippen molar-refractivity contribution in [2.75, 3.05) is 5.32 Å². The van der Waals surface area contributed by atoms with Crippen LogP contribution in [0.4, 0.5) is 11.4 Å². The van der Waals surface area contributed by atoms with Gasteiger partial charge in [-0.1, -0.05) is 91.0 Å². The first-order valence-corrected chi connectivity index (χ1v) is 12.3. The molecule has 0 amide bonds. The number of benzene rings is 6. The van der Waals surface area contributed by atoms with E-state index in [4.69, 9.17) is 0 Å². The van der Waals surface area contributed by atoms with E-state index < -0.39 is 0 Å². The Hall–Kier alpha value is -4.82. The van der Waals surface area contributed by atoms with Crippen molar-refractivity contribution in [3.63, 3.8) is 0 Å². The van der Waals surface area contributed by atoms with E-state index in [0.29, 0.717) is 0 Å². The molecule has 1 aromatic heterocycles. The lowest BCUT2D eigenvalue weighted by atomic mass is 10.0. The van der Waals surface area contributed by atoms with Crippen molar-refractivity contribution >= 4 is 44.0 Å². The van der Waals surface area contributed by atoms with E-state index in [2.05, 4.69) is 149 Å². The zero-order chi connectivity index (χ0) is 23.9. The van der Waals surface area contributed by atoms with Crippen LogP contribution in [0.5, 0.6) is 0 Å². The molecule has 170 valence electrons. The van der Waals surface area contributed by atoms with E-state index in [9.17, 15) is 0 Å². The quantitative estimate of drug-likeness (QED) is 0.277. The highest BCUT2D eigenvalue weighted by atomic mass is 15.0. The van der Waals surface area contributed by atoms with Crippen molar-refractivity contribution < 1.29 is 0 Å². The molecule has 0 fully saturated rings. The number of aromatic nitrogens is 1. The lowest BCUT2D eigenvalue weighted by Gasteiger charge is -2.11. The molecule has 1 heterocycles. The van der Waals surface area contributed by atoms with Crippen LogP contribution in [0.15, 0.2) is 140 Å². The van der Waals surface area contributed by atoms with Crippen molar-refractivity contribution in [3.05, 3.63) is 140 Å². The van der Waals surface area contributed by atoms with Gasteiger partial charge in [-0.2, -0.15) is 0 Å². The molecule has 7 rings (SSSR count). The highest BCUT2D eigenvalue weighted by Gasteiger charge is 2.12. The van der Waals surface area contributed by atoms with Gasteiger partial charge in [-0.25, -0.2) is 0 Å². The Morgan fingerprint density at radius 1 is 0.417 bits per heavy atom. The molecule has 0 saturated carbocycles. The topological polar surface area (TPSA) is 17.0 Å². The molecule has 1 N–H and O–H groups in total. The van der Waals surface area contributed by atoms with Crippen LogP contribution in [0.25, 0.3) is 49.4 Å². The van der Waals surface area contributed by atoms with Crippen LogP contribution >= 0.6 is 0 Å². The highest BCUT2D eigenvalue weighted by Crippen LogP contribution is 2.34. The van der Waals surface area contributed by atoms with Gasteiger partial charge in [0, 0.05) is 27.8 Å². The van der Waals surface area contributed by atoms with E-state index in [1.165, 1.54) is 49.4 Å². The second kappa shape index (κ2) is 8.44. The molecule has 2 nitrogen and oxygen atoms in total. The average Bonchev–Trinajstić information content (AvgIpc) is 3.27. The molecule has 6 aromatic carbocycles. The first-order chi connectivity index (χ1) is 17.8. The third kappa shape index (κ3) is 3.52. The molecule has 0 atom stereocenters. The molecule has 0 unspecified atom stereocenters. The van der Waals surface area contributed by atoms with Crippen LogP contribution in [0.2, 0.25) is 0 Å². The normalized spacial score (nSPS) is 11.3. The van der Waals surface area contributed by atoms with Gasteiger partial charge in [-0.05, 0) is 70.4 Å². The molecule has 0 aliphatic heterocycles. The highest BCUT2D eigenvalue weighted by molar-refractivity contribution is 6.10. The summed E-state index contributed by atoms with van der Waals surface area (Å²) in [5, 5.41) is 8.67. The fraction of sp³-hybridized carbons (Fsp3) is 0. The minimum atomic E-state index is 1.07. The lowest BCUT2D eigenvalue weighted by Crippen LogP contribution is -1.94. The summed E-state index contributed by atoms with van der Waals surface area (Å²) >= 11 is 0. The lowest BCUT2D eigenvalue weighted by molar-refractivity contribution is 1.18. The van der Waals surface area contributed by atoms with Crippen LogP contribution in [0.3, 0.4) is 0 Å². The van der Waals surface area contributed by atoms with Gasteiger partial charge in [0.1, 0.15) is 0 Å². The Labute approximate surface area is 210 Å². The second-order valence-electron chi connectivity index (χ2n) is 9.18. The summed E-state index contributed by atoms with van der Waals surface area (Å²) in [5.41, 5.74) is 8.17. The zero-order valence-electron chi connectivity index (χ0n) is 19.7. The van der Waals surface area contributed by atoms with Gasteiger partial charge < -0.3 is 9.88 Å². The third-order valence-corrected chi connectivity index (χ3v) is 6.94. The maximum Gasteiger partial charge on any atom is 0.0561 e. The third-order valence-electron chi connectivity index (χ3n) is 6.94. The van der Waals surface area contributed by atoms with Gasteiger partial charge in [0.2, 0.25) is 0 Å². The van der Waals surface area contributed by atoms with Crippen LogP contribution in [-0.4, -0.2) is 4.57 Å². The van der Waals surface area contributed by atoms with Gasteiger partial charge in [0.25, 0.3) is 0 Å². The summed E-state index contributed by atoms with van der Waals surface area (Å²) in [5.74, 6) is 0. The van der Waals surface area contributed by atoms with Crippen LogP contribution in [0.1, 0.15) is 0 Å². The van der Waals surface area contributed by atoms with Crippen molar-refractivity contribution in [1.29, 1.82) is 0 Å². The molecule has 7 aromatic rings. The van der Waals surface area contributed by atoms with Crippen molar-refractivity contribution in [2.45, 2.75) is 0 Å². The van der Waals surface area contributed by atoms with E-state index in [0.717, 1.165) is 11.4 Å². The Morgan fingerprint density at radius 3 is 1.94 bits per heavy atom. The Balaban J connectivity index is 1.25. The molecule has 0 saturated heterocycles. The predicted molar refractivity (Wildman–Crippen MR) is 153 cm³/mol. The number of nitrogens with one attached hydrogen (secondary N) is 1. The van der Waals surface area contributed by atoms with Gasteiger partial charge in [0.15, 0.2) is 0 Å². The molecule has 36 heavy (non-hydrogen) atoms. The van der Waals surface area contributed by atoms with E-state index in [1.54, 1.807) is 0 Å². The van der Waals surface area contributed by atoms with E-state index >= 15 is 0 Å². The summed E-state index contributed by atoms with van der Waals surface area (Å²) in [7, 11) is 0. The van der Waals surface area contributed by atoms with Gasteiger partial charge in [-0.3, -0.25) is 0 Å². The molecule has 0 spiro atoms. The first kappa shape index (κ1) is 20.5. The summed E-state index contributed by atoms with van der Waals surface area (Å²) in [6.45, 7) is 0. The number of fused-ring (bicyclic) bond motifs is 4. The Morgan fingerprint density at radius 2 is 1.08 bits per heavy atom. The summed E-state index contributed by atoms with van der Waals surface area (Å²) in [6, 6.07) is 49.7. The monoisotopic (exact) mass is 460 g/mol. The van der Waals surface area contributed by atoms with Gasteiger partial charge in [0.05, 0.1) is 11.0 Å². The number of anilines is 2. The molecule has 0 aliphatic rings. The number of hydrogen-bond acceptors (Lipinski definition) is 1. The van der Waals surface area contributed by atoms with E-state index in [-0.39, 0.29) is 0 Å². The second-order valence-corrected chi connectivity index (χ2v) is 9.18. The largest absolute Gasteiger partial charge is 0.355 e. The van der Waals surface area contributed by atoms with Crippen LogP contribution < -0.4 is 5.32 Å². The summed E-state index contributed by atoms with van der Waals surface area (Å²) < 4.78 is 2.35. The average molecular weight is 461 g/mol. The zero-order valence-corrected chi connectivity index (χ0v) is 19.7. The molecule has 0 aliphatic carbocycles. The fourth-order valence-corrected chi connectivity index (χ4v) is 5.19.